The first-order valence-electron chi connectivity index (χ1n) is 43.3. The van der Waals surface area contributed by atoms with Gasteiger partial charge in [-0.05, 0) is 199 Å². The molecule has 8 aliphatic rings. The molecule has 0 aromatic carbocycles. The van der Waals surface area contributed by atoms with E-state index in [0.29, 0.717) is 31.8 Å². The highest BCUT2D eigenvalue weighted by Gasteiger charge is 2.51. The van der Waals surface area contributed by atoms with Gasteiger partial charge in [0, 0.05) is 31.3 Å². The number of aliphatic hydroxyl groups is 3. The van der Waals surface area contributed by atoms with E-state index in [-0.39, 0.29) is 269 Å². The summed E-state index contributed by atoms with van der Waals surface area (Å²) in [5.41, 5.74) is -2.97. The topological polar surface area (TPSA) is 431 Å². The number of rotatable bonds is 36. The highest BCUT2D eigenvalue weighted by Crippen LogP contribution is 2.44. The maximum Gasteiger partial charge on any atom is 0.312 e. The normalized spacial score (nSPS) is 30.2. The summed E-state index contributed by atoms with van der Waals surface area (Å²) in [5, 5.41) is 92.3. The first-order valence-corrected chi connectivity index (χ1v) is 43.3. The molecule has 0 radical (unpaired) electrons. The standard InChI is InChI=1S/C16H28O5.C13H22O5.C13H24O4.2C12H22O4.2C10H18O3.14CH4/c1-3-11-9-12(13(4-2)20-11)14(10-15(17)18)21-16-7-5-6-8-19-16;1-4-9-6-10(11(5-2)18-9)12(7-13(15)16)17-8(3)14;1-4-10-6-9(11(5-2)17-10)7-13(3,16)8-12(14)15;1-4-8-6-9(10(5-2)16-8)12(3,15)7-11(13)14;1-3-10-6-8(11(4-2)16-10)5-9(13)7-12(14)15;1-4-7-6-10(3,9(11)12)8(5-2)13-7;1-4-7-6(3)9(10(11)12)8(5-2)13-7;;;;;;;;;;;;;;/h11-14,16H,3-10H2,1-2H3,(H,17,18);9-12H,4-7H2,1-3H3,(H,15,16);9-11,16H,4-8H2,1-3H3,(H,14,15);8-10,15H,4-7H2,1-3H3,(H,13,14);8-11,13H,3-7H2,1-2H3,(H,14,15);7-8H,4-6H2,1-3H3,(H,11,12);6-9H,4-5H2,1-3H3,(H,11,12);14*1H4. The molecular formula is C100H210O28. The van der Waals surface area contributed by atoms with E-state index in [2.05, 4.69) is 41.5 Å². The largest absolute Gasteiger partial charge is 0.481 e. The van der Waals surface area contributed by atoms with E-state index >= 15 is 0 Å². The van der Waals surface area contributed by atoms with Gasteiger partial charge in [-0.1, -0.05) is 208 Å². The van der Waals surface area contributed by atoms with Crippen molar-refractivity contribution >= 4 is 47.8 Å². The zero-order chi connectivity index (χ0) is 86.5. The lowest BCUT2D eigenvalue weighted by atomic mass is 9.80. The van der Waals surface area contributed by atoms with Crippen molar-refractivity contribution < 1.29 is 137 Å². The van der Waals surface area contributed by atoms with E-state index in [1.807, 2.05) is 62.3 Å². The van der Waals surface area contributed by atoms with Crippen LogP contribution in [0.2, 0.25) is 0 Å². The molecule has 28 atom stereocenters. The second kappa shape index (κ2) is 76.6. The number of hydrogen-bond donors (Lipinski definition) is 10. The number of carbonyl (C=O) groups excluding carboxylic acids is 1. The molecule has 8 aliphatic heterocycles. The van der Waals surface area contributed by atoms with Crippen molar-refractivity contribution in [2.24, 2.45) is 46.8 Å². The van der Waals surface area contributed by atoms with Crippen LogP contribution in [0.15, 0.2) is 0 Å². The molecule has 28 unspecified atom stereocenters. The van der Waals surface area contributed by atoms with Crippen LogP contribution in [-0.4, -0.2) is 227 Å². The SMILES string of the molecule is C.C.C.C.C.C.C.C.C.C.C.C.C.C.CCC1CC(C(C)(O)CC(=O)O)C(CC)O1.CCC1CC(C(CC(=O)O)OC(C)=O)C(CC)O1.CCC1CC(C(CC(=O)O)OC2CCCCO2)C(CC)O1.CCC1CC(C)(C(=O)O)C(CC)O1.CCC1CC(CC(C)(O)CC(=O)O)C(CC)O1.CCC1CC(CC(O)CC(=O)O)C(CC)O1.CCC1OC(CC)C(C(=O)O)C1C. The Morgan fingerprint density at radius 3 is 1.16 bits per heavy atom. The molecule has 0 spiro atoms. The molecule has 28 heteroatoms. The second-order valence-corrected chi connectivity index (χ2v) is 33.4. The fraction of sp³-hybridized carbons (Fsp3) is 0.920. The van der Waals surface area contributed by atoms with Crippen LogP contribution in [-0.2, 0) is 85.7 Å². The number of aliphatic carboxylic acids is 7. The lowest BCUT2D eigenvalue weighted by Crippen LogP contribution is -2.41. The van der Waals surface area contributed by atoms with Gasteiger partial charge in [0.15, 0.2) is 6.29 Å². The molecule has 8 heterocycles. The Hall–Kier alpha value is -4.72. The second-order valence-electron chi connectivity index (χ2n) is 33.4. The molecule has 0 aliphatic carbocycles. The van der Waals surface area contributed by atoms with Gasteiger partial charge in [0.05, 0.1) is 152 Å². The summed E-state index contributed by atoms with van der Waals surface area (Å²) in [6, 6.07) is 0. The van der Waals surface area contributed by atoms with Crippen LogP contribution in [0.5, 0.6) is 0 Å². The molecular weight excluding hydrogens is 1650 g/mol. The van der Waals surface area contributed by atoms with Gasteiger partial charge in [-0.25, -0.2) is 0 Å². The molecule has 10 N–H and O–H groups in total. The van der Waals surface area contributed by atoms with Crippen LogP contribution in [0.1, 0.15) is 428 Å². The fourth-order valence-corrected chi connectivity index (χ4v) is 18.0. The maximum absolute atomic E-state index is 11.2. The number of carbonyl (C=O) groups is 8. The zero-order valence-electron chi connectivity index (χ0n) is 72.7. The smallest absolute Gasteiger partial charge is 0.312 e. The lowest BCUT2D eigenvalue weighted by molar-refractivity contribution is -0.205. The maximum atomic E-state index is 11.2. The number of carboxylic acid groups (broad SMARTS) is 7. The summed E-state index contributed by atoms with van der Waals surface area (Å²) in [4.78, 5) is 87.0. The third-order valence-electron chi connectivity index (χ3n) is 24.3. The Morgan fingerprint density at radius 1 is 0.422 bits per heavy atom. The fourth-order valence-electron chi connectivity index (χ4n) is 18.0. The average Bonchev–Trinajstić information content (AvgIpc) is 1.57. The van der Waals surface area contributed by atoms with Crippen molar-refractivity contribution in [3.8, 4) is 0 Å². The van der Waals surface area contributed by atoms with Crippen LogP contribution in [0.4, 0.5) is 0 Å². The predicted molar refractivity (Wildman–Crippen MR) is 522 cm³/mol. The minimum Gasteiger partial charge on any atom is -0.481 e. The summed E-state index contributed by atoms with van der Waals surface area (Å²) in [6.07, 6.45) is 20.5. The first kappa shape index (κ1) is 152. The van der Waals surface area contributed by atoms with Crippen LogP contribution in [0.25, 0.3) is 0 Å². The molecule has 28 nitrogen and oxygen atoms in total. The molecule has 0 aromatic rings. The molecule has 778 valence electrons. The molecule has 128 heavy (non-hydrogen) atoms. The van der Waals surface area contributed by atoms with Gasteiger partial charge in [0.2, 0.25) is 0 Å². The van der Waals surface area contributed by atoms with Gasteiger partial charge >= 0.3 is 47.8 Å². The summed E-state index contributed by atoms with van der Waals surface area (Å²) < 4.78 is 57.4. The Bertz CT molecular complexity index is 2770. The highest BCUT2D eigenvalue weighted by molar-refractivity contribution is 5.75. The first-order chi connectivity index (χ1) is 53.6. The zero-order valence-corrected chi connectivity index (χ0v) is 72.7. The van der Waals surface area contributed by atoms with Crippen molar-refractivity contribution in [2.75, 3.05) is 6.61 Å². The number of hydrogen-bond acceptors (Lipinski definition) is 21. The molecule has 0 amide bonds. The minimum atomic E-state index is -1.17. The molecule has 0 bridgehead atoms. The van der Waals surface area contributed by atoms with Crippen molar-refractivity contribution in [3.63, 3.8) is 0 Å². The van der Waals surface area contributed by atoms with Crippen molar-refractivity contribution in [2.45, 2.75) is 549 Å². The molecule has 8 fully saturated rings. The number of carboxylic acids is 7. The number of esters is 1. The third-order valence-corrected chi connectivity index (χ3v) is 24.3. The van der Waals surface area contributed by atoms with Crippen LogP contribution in [0.3, 0.4) is 0 Å². The van der Waals surface area contributed by atoms with Crippen LogP contribution in [0, 0.1) is 46.8 Å². The van der Waals surface area contributed by atoms with Gasteiger partial charge in [-0.15, -0.1) is 0 Å². The average molecular weight is 1860 g/mol. The summed E-state index contributed by atoms with van der Waals surface area (Å²) >= 11 is 0. The predicted octanol–water partition coefficient (Wildman–Crippen LogP) is 23.6. The van der Waals surface area contributed by atoms with Crippen molar-refractivity contribution in [1.82, 2.24) is 0 Å². The molecule has 8 saturated heterocycles. The van der Waals surface area contributed by atoms with Crippen LogP contribution < -0.4 is 0 Å². The van der Waals surface area contributed by atoms with Crippen molar-refractivity contribution in [1.29, 1.82) is 0 Å². The van der Waals surface area contributed by atoms with E-state index in [4.69, 9.17) is 78.0 Å². The lowest BCUT2D eigenvalue weighted by Gasteiger charge is -2.31. The van der Waals surface area contributed by atoms with E-state index in [1.165, 1.54) is 6.92 Å². The Morgan fingerprint density at radius 2 is 0.805 bits per heavy atom. The molecule has 8 rings (SSSR count). The van der Waals surface area contributed by atoms with Gasteiger partial charge in [0.25, 0.3) is 0 Å². The minimum absolute atomic E-state index is 0. The number of ether oxygens (including phenoxy) is 10. The van der Waals surface area contributed by atoms with E-state index in [1.54, 1.807) is 20.8 Å². The van der Waals surface area contributed by atoms with Gasteiger partial charge < -0.3 is 98.4 Å². The summed E-state index contributed by atoms with van der Waals surface area (Å²) in [5.74, 6) is -5.99. The van der Waals surface area contributed by atoms with Crippen LogP contribution >= 0.6 is 0 Å². The summed E-state index contributed by atoms with van der Waals surface area (Å²) in [7, 11) is 0. The Labute approximate surface area is 783 Å². The van der Waals surface area contributed by atoms with E-state index in [0.717, 1.165) is 141 Å². The summed E-state index contributed by atoms with van der Waals surface area (Å²) in [6.45, 7) is 37.6. The Balaban J connectivity index is -0.000000108. The molecule has 0 saturated carbocycles. The highest BCUT2D eigenvalue weighted by atomic mass is 16.7. The Kier molecular flexibility index (Phi) is 90.6. The quantitative estimate of drug-likeness (QED) is 0.0260. The van der Waals surface area contributed by atoms with E-state index < -0.39 is 76.6 Å². The van der Waals surface area contributed by atoms with E-state index in [9.17, 15) is 58.8 Å². The van der Waals surface area contributed by atoms with Gasteiger partial charge in [0.1, 0.15) is 6.10 Å². The van der Waals surface area contributed by atoms with Crippen molar-refractivity contribution in [3.05, 3.63) is 0 Å². The molecule has 0 aromatic heterocycles. The van der Waals surface area contributed by atoms with Gasteiger partial charge in [-0.2, -0.15) is 0 Å². The monoisotopic (exact) mass is 1860 g/mol. The third kappa shape index (κ3) is 51.1. The van der Waals surface area contributed by atoms with Gasteiger partial charge in [-0.3, -0.25) is 38.4 Å². The number of aliphatic hydroxyl groups excluding tert-OH is 1.